The second-order valence-corrected chi connectivity index (χ2v) is 6.50. The molecular formula is C12H15FN2OS2. The van der Waals surface area contributed by atoms with E-state index in [1.165, 1.54) is 6.07 Å². The molecule has 0 saturated heterocycles. The minimum atomic E-state index is -0.848. The highest BCUT2D eigenvalue weighted by atomic mass is 32.2. The van der Waals surface area contributed by atoms with Gasteiger partial charge in [0.15, 0.2) is 4.77 Å². The minimum absolute atomic E-state index is 0.102. The third-order valence-corrected chi connectivity index (χ3v) is 4.78. The lowest BCUT2D eigenvalue weighted by Gasteiger charge is -2.09. The lowest BCUT2D eigenvalue weighted by atomic mass is 10.3. The molecule has 1 heterocycles. The third-order valence-electron chi connectivity index (χ3n) is 3.09. The zero-order chi connectivity index (χ0) is 13.3. The van der Waals surface area contributed by atoms with Gasteiger partial charge in [0.05, 0.1) is 5.52 Å². The maximum Gasteiger partial charge on any atom is 0.178 e. The van der Waals surface area contributed by atoms with Crippen molar-refractivity contribution in [1.82, 2.24) is 9.55 Å². The van der Waals surface area contributed by atoms with Gasteiger partial charge < -0.3 is 9.55 Å². The lowest BCUT2D eigenvalue weighted by Crippen LogP contribution is -2.12. The molecule has 0 aliphatic heterocycles. The lowest BCUT2D eigenvalue weighted by molar-refractivity contribution is 0.624. The highest BCUT2D eigenvalue weighted by molar-refractivity contribution is 7.84. The largest absolute Gasteiger partial charge is 0.328 e. The van der Waals surface area contributed by atoms with Gasteiger partial charge in [0.25, 0.3) is 0 Å². The number of halogens is 1. The van der Waals surface area contributed by atoms with Crippen molar-refractivity contribution in [3.63, 3.8) is 0 Å². The number of para-hydroxylation sites is 1. The fraction of sp³-hybridized carbons (Fsp3) is 0.417. The number of fused-ring (bicyclic) bond motifs is 1. The van der Waals surface area contributed by atoms with Crippen LogP contribution in [0.2, 0.25) is 0 Å². The zero-order valence-corrected chi connectivity index (χ0v) is 11.9. The van der Waals surface area contributed by atoms with Gasteiger partial charge >= 0.3 is 0 Å². The number of benzene rings is 1. The maximum absolute atomic E-state index is 13.6. The molecule has 0 saturated carbocycles. The average molecular weight is 286 g/mol. The number of nitrogens with zero attached hydrogens (tertiary/aromatic N) is 1. The molecule has 1 N–H and O–H groups in total. The van der Waals surface area contributed by atoms with Crippen LogP contribution in [0.15, 0.2) is 18.2 Å². The molecule has 2 atom stereocenters. The first kappa shape index (κ1) is 13.4. The first-order valence-corrected chi connectivity index (χ1v) is 7.73. The van der Waals surface area contributed by atoms with Crippen molar-refractivity contribution < 1.29 is 8.60 Å². The minimum Gasteiger partial charge on any atom is -0.328 e. The van der Waals surface area contributed by atoms with Crippen LogP contribution < -0.4 is 0 Å². The molecule has 0 aliphatic rings. The molecule has 98 valence electrons. The summed E-state index contributed by atoms with van der Waals surface area (Å²) in [7, 11) is -0.848. The molecular weight excluding hydrogens is 271 g/mol. The van der Waals surface area contributed by atoms with E-state index in [2.05, 4.69) is 4.98 Å². The summed E-state index contributed by atoms with van der Waals surface area (Å²) in [5.41, 5.74) is 1.20. The van der Waals surface area contributed by atoms with Gasteiger partial charge in [0, 0.05) is 28.9 Å². The van der Waals surface area contributed by atoms with Gasteiger partial charge in [-0.25, -0.2) is 4.39 Å². The summed E-state index contributed by atoms with van der Waals surface area (Å²) in [6.45, 7) is 2.58. The summed E-state index contributed by atoms with van der Waals surface area (Å²) in [6.07, 6.45) is 2.44. The Kier molecular flexibility index (Phi) is 3.97. The van der Waals surface area contributed by atoms with Crippen molar-refractivity contribution >= 4 is 34.1 Å². The van der Waals surface area contributed by atoms with Gasteiger partial charge in [-0.15, -0.1) is 0 Å². The maximum atomic E-state index is 13.6. The molecule has 0 amide bonds. The number of hydrogen-bond acceptors (Lipinski definition) is 2. The molecule has 2 aromatic rings. The number of aromatic nitrogens is 2. The van der Waals surface area contributed by atoms with Gasteiger partial charge in [-0.1, -0.05) is 13.0 Å². The van der Waals surface area contributed by atoms with Crippen LogP contribution >= 0.6 is 12.2 Å². The Morgan fingerprint density at radius 2 is 2.28 bits per heavy atom. The van der Waals surface area contributed by atoms with Crippen molar-refractivity contribution in [3.8, 4) is 0 Å². The van der Waals surface area contributed by atoms with E-state index in [1.54, 1.807) is 12.3 Å². The van der Waals surface area contributed by atoms with Crippen LogP contribution in [-0.2, 0) is 17.3 Å². The molecule has 0 bridgehead atoms. The van der Waals surface area contributed by atoms with Gasteiger partial charge in [-0.2, -0.15) is 0 Å². The Bertz CT molecular complexity index is 647. The molecule has 2 unspecified atom stereocenters. The number of H-pyrrole nitrogens is 1. The van der Waals surface area contributed by atoms with Gasteiger partial charge in [-0.3, -0.25) is 4.21 Å². The number of hydrogen-bond donors (Lipinski definition) is 1. The van der Waals surface area contributed by atoms with Crippen LogP contribution in [0.25, 0.3) is 11.0 Å². The van der Waals surface area contributed by atoms with Crippen LogP contribution in [0.3, 0.4) is 0 Å². The Morgan fingerprint density at radius 1 is 1.56 bits per heavy atom. The van der Waals surface area contributed by atoms with Gasteiger partial charge in [0.2, 0.25) is 0 Å². The number of rotatable bonds is 4. The van der Waals surface area contributed by atoms with Crippen molar-refractivity contribution in [3.05, 3.63) is 28.8 Å². The number of nitrogens with one attached hydrogen (secondary N) is 1. The van der Waals surface area contributed by atoms with E-state index in [9.17, 15) is 8.60 Å². The fourth-order valence-electron chi connectivity index (χ4n) is 1.84. The monoisotopic (exact) mass is 286 g/mol. The van der Waals surface area contributed by atoms with Gasteiger partial charge in [0.1, 0.15) is 11.3 Å². The number of aromatic amines is 1. The van der Waals surface area contributed by atoms with E-state index in [1.807, 2.05) is 17.6 Å². The number of imidazole rings is 1. The first-order valence-electron chi connectivity index (χ1n) is 5.70. The van der Waals surface area contributed by atoms with Gasteiger partial charge in [-0.05, 0) is 30.8 Å². The quantitative estimate of drug-likeness (QED) is 0.877. The van der Waals surface area contributed by atoms with Crippen molar-refractivity contribution in [2.75, 3.05) is 6.26 Å². The second kappa shape index (κ2) is 5.32. The predicted molar refractivity (Wildman–Crippen MR) is 75.2 cm³/mol. The topological polar surface area (TPSA) is 37.8 Å². The standard InChI is InChI=1S/C12H15FN2OS2/c1-8(18(2)16)6-7-15-10-5-3-4-9(13)11(10)14-12(15)17/h3-5,8H,6-7H2,1-2H3,(H,14,17). The molecule has 18 heavy (non-hydrogen) atoms. The normalized spacial score (nSPS) is 14.8. The highest BCUT2D eigenvalue weighted by Crippen LogP contribution is 2.18. The number of aryl methyl sites for hydroxylation is 1. The Balaban J connectivity index is 2.34. The van der Waals surface area contributed by atoms with Crippen LogP contribution in [0.4, 0.5) is 4.39 Å². The van der Waals surface area contributed by atoms with Crippen LogP contribution in [0, 0.1) is 10.6 Å². The average Bonchev–Trinajstić information content (AvgIpc) is 2.64. The Morgan fingerprint density at radius 3 is 2.94 bits per heavy atom. The first-order chi connectivity index (χ1) is 8.50. The van der Waals surface area contributed by atoms with E-state index >= 15 is 0 Å². The smallest absolute Gasteiger partial charge is 0.178 e. The Labute approximate surface area is 112 Å². The fourth-order valence-corrected chi connectivity index (χ4v) is 2.57. The third kappa shape index (κ3) is 2.54. The summed E-state index contributed by atoms with van der Waals surface area (Å²) in [5, 5.41) is 0.102. The molecule has 0 spiro atoms. The molecule has 2 rings (SSSR count). The molecule has 0 radical (unpaired) electrons. The predicted octanol–water partition coefficient (Wildman–Crippen LogP) is 3.00. The molecule has 0 fully saturated rings. The molecule has 0 aliphatic carbocycles. The molecule has 1 aromatic heterocycles. The molecule has 1 aromatic carbocycles. The van der Waals surface area contributed by atoms with E-state index < -0.39 is 10.8 Å². The Hall–Kier alpha value is -1.01. The van der Waals surface area contributed by atoms with E-state index in [-0.39, 0.29) is 11.1 Å². The van der Waals surface area contributed by atoms with Crippen molar-refractivity contribution in [2.45, 2.75) is 25.1 Å². The summed E-state index contributed by atoms with van der Waals surface area (Å²) in [6, 6.07) is 4.90. The molecule has 3 nitrogen and oxygen atoms in total. The summed E-state index contributed by atoms with van der Waals surface area (Å²) in [5.74, 6) is -0.301. The summed E-state index contributed by atoms with van der Waals surface area (Å²) in [4.78, 5) is 2.88. The van der Waals surface area contributed by atoms with E-state index in [4.69, 9.17) is 12.2 Å². The van der Waals surface area contributed by atoms with E-state index in [0.29, 0.717) is 16.8 Å². The van der Waals surface area contributed by atoms with Crippen LogP contribution in [0.5, 0.6) is 0 Å². The highest BCUT2D eigenvalue weighted by Gasteiger charge is 2.11. The van der Waals surface area contributed by atoms with Crippen LogP contribution in [-0.4, -0.2) is 25.3 Å². The summed E-state index contributed by atoms with van der Waals surface area (Å²) >= 11 is 5.20. The van der Waals surface area contributed by atoms with Crippen molar-refractivity contribution in [2.24, 2.45) is 0 Å². The second-order valence-electron chi connectivity index (χ2n) is 4.31. The zero-order valence-electron chi connectivity index (χ0n) is 10.3. The van der Waals surface area contributed by atoms with Crippen molar-refractivity contribution in [1.29, 1.82) is 0 Å². The van der Waals surface area contributed by atoms with Crippen LogP contribution in [0.1, 0.15) is 13.3 Å². The van der Waals surface area contributed by atoms with E-state index in [0.717, 1.165) is 11.9 Å². The summed E-state index contributed by atoms with van der Waals surface area (Å²) < 4.78 is 27.2. The molecule has 6 heteroatoms. The SMILES string of the molecule is CC(CCn1c(=S)[nH]c2c(F)cccc21)S(C)=O.